The maximum absolute atomic E-state index is 12.3. The van der Waals surface area contributed by atoms with Crippen LogP contribution >= 0.6 is 0 Å². The molecule has 0 aromatic heterocycles. The molecule has 3 aromatic carbocycles. The highest BCUT2D eigenvalue weighted by Crippen LogP contribution is 2.17. The minimum absolute atomic E-state index is 0.373. The summed E-state index contributed by atoms with van der Waals surface area (Å²) in [4.78, 5) is 24.5. The van der Waals surface area contributed by atoms with Crippen LogP contribution in [0.25, 0.3) is 0 Å². The van der Waals surface area contributed by atoms with Crippen molar-refractivity contribution in [3.63, 3.8) is 0 Å². The van der Waals surface area contributed by atoms with Gasteiger partial charge in [0.05, 0.1) is 11.1 Å². The summed E-state index contributed by atoms with van der Waals surface area (Å²) < 4.78 is 10.6. The van der Waals surface area contributed by atoms with Gasteiger partial charge in [-0.25, -0.2) is 9.59 Å². The molecule has 0 radical (unpaired) electrons. The van der Waals surface area contributed by atoms with Gasteiger partial charge < -0.3 is 9.47 Å². The van der Waals surface area contributed by atoms with E-state index in [9.17, 15) is 9.59 Å². The van der Waals surface area contributed by atoms with Gasteiger partial charge in [0.25, 0.3) is 0 Å². The molecule has 124 valence electrons. The van der Waals surface area contributed by atoms with E-state index in [2.05, 4.69) is 0 Å². The molecule has 3 rings (SSSR count). The number of carbonyl (C=O) groups excluding carboxylic acids is 2. The highest BCUT2D eigenvalue weighted by atomic mass is 16.5. The van der Waals surface area contributed by atoms with Gasteiger partial charge in [0.2, 0.25) is 0 Å². The summed E-state index contributed by atoms with van der Waals surface area (Å²) in [5.41, 5.74) is 1.42. The third-order valence-electron chi connectivity index (χ3n) is 3.59. The van der Waals surface area contributed by atoms with E-state index in [1.54, 1.807) is 73.7 Å². The Labute approximate surface area is 145 Å². The van der Waals surface area contributed by atoms with Gasteiger partial charge in [0.1, 0.15) is 11.5 Å². The average molecular weight is 332 g/mol. The van der Waals surface area contributed by atoms with Crippen LogP contribution in [0.1, 0.15) is 26.3 Å². The van der Waals surface area contributed by atoms with Crippen molar-refractivity contribution in [3.8, 4) is 11.5 Å². The first kappa shape index (κ1) is 16.5. The summed E-state index contributed by atoms with van der Waals surface area (Å²) in [6.07, 6.45) is 0. The molecular formula is C21H16O4. The fourth-order valence-corrected chi connectivity index (χ4v) is 2.32. The van der Waals surface area contributed by atoms with Crippen molar-refractivity contribution < 1.29 is 19.1 Å². The molecule has 0 amide bonds. The van der Waals surface area contributed by atoms with Crippen molar-refractivity contribution in [2.45, 2.75) is 6.92 Å². The van der Waals surface area contributed by atoms with Gasteiger partial charge in [0.15, 0.2) is 0 Å². The number of hydrogen-bond donors (Lipinski definition) is 0. The van der Waals surface area contributed by atoms with Crippen molar-refractivity contribution >= 4 is 11.9 Å². The third kappa shape index (κ3) is 4.12. The molecule has 4 nitrogen and oxygen atoms in total. The smallest absolute Gasteiger partial charge is 0.343 e. The lowest BCUT2D eigenvalue weighted by Crippen LogP contribution is -2.13. The first-order valence-electron chi connectivity index (χ1n) is 7.78. The van der Waals surface area contributed by atoms with Gasteiger partial charge >= 0.3 is 11.9 Å². The molecule has 3 aromatic rings. The van der Waals surface area contributed by atoms with Gasteiger partial charge in [-0.15, -0.1) is 0 Å². The van der Waals surface area contributed by atoms with Crippen molar-refractivity contribution in [2.24, 2.45) is 0 Å². The molecule has 0 fully saturated rings. The molecule has 0 spiro atoms. The van der Waals surface area contributed by atoms with E-state index < -0.39 is 11.9 Å². The Morgan fingerprint density at radius 3 is 1.72 bits per heavy atom. The van der Waals surface area contributed by atoms with E-state index in [1.807, 2.05) is 12.1 Å². The van der Waals surface area contributed by atoms with E-state index in [-0.39, 0.29) is 0 Å². The van der Waals surface area contributed by atoms with Crippen molar-refractivity contribution in [2.75, 3.05) is 0 Å². The monoisotopic (exact) mass is 332 g/mol. The molecule has 0 unspecified atom stereocenters. The molecule has 0 saturated heterocycles. The minimum atomic E-state index is -0.475. The molecule has 0 heterocycles. The van der Waals surface area contributed by atoms with Crippen molar-refractivity contribution in [1.82, 2.24) is 0 Å². The van der Waals surface area contributed by atoms with E-state index in [4.69, 9.17) is 9.47 Å². The van der Waals surface area contributed by atoms with Crippen LogP contribution < -0.4 is 9.47 Å². The van der Waals surface area contributed by atoms with E-state index in [0.29, 0.717) is 28.2 Å². The summed E-state index contributed by atoms with van der Waals surface area (Å²) in [5, 5.41) is 0. The Morgan fingerprint density at radius 2 is 1.20 bits per heavy atom. The van der Waals surface area contributed by atoms with Crippen LogP contribution in [0.3, 0.4) is 0 Å². The first-order valence-corrected chi connectivity index (χ1v) is 7.78. The summed E-state index contributed by atoms with van der Waals surface area (Å²) >= 11 is 0. The normalized spacial score (nSPS) is 10.1. The maximum atomic E-state index is 12.3. The molecule has 4 heteroatoms. The van der Waals surface area contributed by atoms with Crippen LogP contribution in [-0.2, 0) is 0 Å². The number of benzene rings is 3. The number of ether oxygens (including phenoxy) is 2. The summed E-state index contributed by atoms with van der Waals surface area (Å²) in [6, 6.07) is 22.4. The summed E-state index contributed by atoms with van der Waals surface area (Å²) in [7, 11) is 0. The largest absolute Gasteiger partial charge is 0.423 e. The zero-order valence-corrected chi connectivity index (χ0v) is 13.6. The van der Waals surface area contributed by atoms with Crippen LogP contribution in [-0.4, -0.2) is 11.9 Å². The molecule has 0 atom stereocenters. The van der Waals surface area contributed by atoms with Crippen molar-refractivity contribution in [3.05, 3.63) is 95.6 Å². The SMILES string of the molecule is Cc1cc(C(=O)Oc2ccccc2)ccc1C(=O)Oc1ccccc1. The molecular weight excluding hydrogens is 316 g/mol. The van der Waals surface area contributed by atoms with E-state index >= 15 is 0 Å². The van der Waals surface area contributed by atoms with Crippen molar-refractivity contribution in [1.29, 1.82) is 0 Å². The average Bonchev–Trinajstić information content (AvgIpc) is 2.63. The zero-order chi connectivity index (χ0) is 17.6. The maximum Gasteiger partial charge on any atom is 0.343 e. The Bertz CT molecular complexity index is 886. The van der Waals surface area contributed by atoms with Gasteiger partial charge in [-0.1, -0.05) is 36.4 Å². The van der Waals surface area contributed by atoms with Gasteiger partial charge in [-0.3, -0.25) is 0 Å². The van der Waals surface area contributed by atoms with E-state index in [1.165, 1.54) is 0 Å². The second-order valence-corrected chi connectivity index (χ2v) is 5.43. The highest BCUT2D eigenvalue weighted by Gasteiger charge is 2.15. The molecule has 0 aliphatic rings. The van der Waals surface area contributed by atoms with Gasteiger partial charge in [-0.2, -0.15) is 0 Å². The molecule has 0 aliphatic heterocycles. The van der Waals surface area contributed by atoms with E-state index in [0.717, 1.165) is 0 Å². The Kier molecular flexibility index (Phi) is 4.90. The number of esters is 2. The molecule has 0 aliphatic carbocycles. The van der Waals surface area contributed by atoms with Gasteiger partial charge in [0, 0.05) is 0 Å². The summed E-state index contributed by atoms with van der Waals surface area (Å²) in [5.74, 6) is 0.00105. The lowest BCUT2D eigenvalue weighted by atomic mass is 10.1. The van der Waals surface area contributed by atoms with Gasteiger partial charge in [-0.05, 0) is 55.0 Å². The Hall–Kier alpha value is -3.40. The third-order valence-corrected chi connectivity index (χ3v) is 3.59. The number of carbonyl (C=O) groups is 2. The van der Waals surface area contributed by atoms with Crippen LogP contribution in [0, 0.1) is 6.92 Å². The van der Waals surface area contributed by atoms with Crippen LogP contribution in [0.5, 0.6) is 11.5 Å². The molecule has 0 N–H and O–H groups in total. The lowest BCUT2D eigenvalue weighted by Gasteiger charge is -2.09. The quantitative estimate of drug-likeness (QED) is 0.524. The predicted octanol–water partition coefficient (Wildman–Crippen LogP) is 4.43. The molecule has 0 saturated carbocycles. The highest BCUT2D eigenvalue weighted by molar-refractivity contribution is 5.96. The lowest BCUT2D eigenvalue weighted by molar-refractivity contribution is 0.0719. The van der Waals surface area contributed by atoms with Crippen LogP contribution in [0.15, 0.2) is 78.9 Å². The van der Waals surface area contributed by atoms with Crippen LogP contribution in [0.2, 0.25) is 0 Å². The standard InChI is InChI=1S/C21H16O4/c1-15-14-16(20(22)24-17-8-4-2-5-9-17)12-13-19(15)21(23)25-18-10-6-3-7-11-18/h2-14H,1H3. The number of aryl methyl sites for hydroxylation is 1. The molecule has 0 bridgehead atoms. The fourth-order valence-electron chi connectivity index (χ4n) is 2.32. The topological polar surface area (TPSA) is 52.6 Å². The predicted molar refractivity (Wildman–Crippen MR) is 94.0 cm³/mol. The second-order valence-electron chi connectivity index (χ2n) is 5.43. The Balaban J connectivity index is 1.74. The summed E-state index contributed by atoms with van der Waals surface area (Å²) in [6.45, 7) is 1.75. The minimum Gasteiger partial charge on any atom is -0.423 e. The molecule has 25 heavy (non-hydrogen) atoms. The second kappa shape index (κ2) is 7.45. The number of rotatable bonds is 4. The van der Waals surface area contributed by atoms with Crippen LogP contribution in [0.4, 0.5) is 0 Å². The first-order chi connectivity index (χ1) is 12.1. The zero-order valence-electron chi connectivity index (χ0n) is 13.6. The number of hydrogen-bond acceptors (Lipinski definition) is 4. The number of para-hydroxylation sites is 2. The fraction of sp³-hybridized carbons (Fsp3) is 0.0476. The Morgan fingerprint density at radius 1 is 0.680 bits per heavy atom.